The van der Waals surface area contributed by atoms with Crippen LogP contribution in [0.3, 0.4) is 0 Å². The maximum atomic E-state index is 12.5. The molecule has 1 unspecified atom stereocenters. The Balaban J connectivity index is 0.00000225. The lowest BCUT2D eigenvalue weighted by atomic mass is 10.0. The Labute approximate surface area is 155 Å². The lowest BCUT2D eigenvalue weighted by molar-refractivity contribution is -0.116. The first kappa shape index (κ1) is 20.2. The van der Waals surface area contributed by atoms with Crippen LogP contribution in [-0.2, 0) is 21.2 Å². The minimum absolute atomic E-state index is 0. The van der Waals surface area contributed by atoms with Gasteiger partial charge >= 0.3 is 0 Å². The summed E-state index contributed by atoms with van der Waals surface area (Å²) in [6.07, 6.45) is 3.73. The van der Waals surface area contributed by atoms with Crippen molar-refractivity contribution in [3.05, 3.63) is 23.8 Å². The van der Waals surface area contributed by atoms with Crippen LogP contribution < -0.4 is 14.9 Å². The molecule has 1 fully saturated rings. The van der Waals surface area contributed by atoms with E-state index in [1.54, 1.807) is 17.0 Å². The van der Waals surface area contributed by atoms with Crippen molar-refractivity contribution in [2.45, 2.75) is 37.5 Å². The molecular weight excluding hydrogens is 362 g/mol. The van der Waals surface area contributed by atoms with Crippen LogP contribution in [0.1, 0.15) is 31.7 Å². The molecule has 1 atom stereocenters. The molecule has 0 spiro atoms. The Morgan fingerprint density at radius 3 is 2.88 bits per heavy atom. The van der Waals surface area contributed by atoms with Gasteiger partial charge in [0, 0.05) is 25.7 Å². The molecule has 0 saturated carbocycles. The van der Waals surface area contributed by atoms with Gasteiger partial charge in [0.15, 0.2) is 0 Å². The lowest BCUT2D eigenvalue weighted by Gasteiger charge is -2.29. The van der Waals surface area contributed by atoms with Crippen molar-refractivity contribution in [1.29, 1.82) is 0 Å². The molecule has 0 radical (unpaired) electrons. The van der Waals surface area contributed by atoms with E-state index in [9.17, 15) is 13.2 Å². The Kier molecular flexibility index (Phi) is 6.85. The van der Waals surface area contributed by atoms with Crippen molar-refractivity contribution in [2.24, 2.45) is 5.92 Å². The molecule has 2 N–H and O–H groups in total. The van der Waals surface area contributed by atoms with Gasteiger partial charge in [-0.2, -0.15) is 0 Å². The second kappa shape index (κ2) is 8.49. The summed E-state index contributed by atoms with van der Waals surface area (Å²) in [4.78, 5) is 13.7. The molecular formula is C17H26ClN3O3S. The highest BCUT2D eigenvalue weighted by atomic mass is 35.5. The van der Waals surface area contributed by atoms with Gasteiger partial charge < -0.3 is 10.2 Å². The number of hydrogen-bond donors (Lipinski definition) is 2. The van der Waals surface area contributed by atoms with E-state index in [0.29, 0.717) is 19.0 Å². The average Bonchev–Trinajstić information content (AvgIpc) is 3.06. The molecule has 6 nitrogen and oxygen atoms in total. The zero-order valence-corrected chi connectivity index (χ0v) is 16.1. The number of fused-ring (bicyclic) bond motifs is 1. The minimum Gasteiger partial charge on any atom is -0.316 e. The maximum absolute atomic E-state index is 12.5. The monoisotopic (exact) mass is 387 g/mol. The predicted octanol–water partition coefficient (Wildman–Crippen LogP) is 1.69. The number of anilines is 1. The quantitative estimate of drug-likeness (QED) is 0.805. The summed E-state index contributed by atoms with van der Waals surface area (Å²) in [5.41, 5.74) is 1.77. The van der Waals surface area contributed by atoms with E-state index in [-0.39, 0.29) is 23.2 Å². The summed E-state index contributed by atoms with van der Waals surface area (Å²) in [6, 6.07) is 5.11. The molecule has 2 aliphatic heterocycles. The van der Waals surface area contributed by atoms with Crippen LogP contribution in [0.5, 0.6) is 0 Å². The zero-order valence-electron chi connectivity index (χ0n) is 14.5. The molecule has 3 rings (SSSR count). The highest BCUT2D eigenvalue weighted by Crippen LogP contribution is 2.29. The molecule has 2 aliphatic rings. The fourth-order valence-electron chi connectivity index (χ4n) is 3.49. The highest BCUT2D eigenvalue weighted by Gasteiger charge is 2.23. The number of amides is 1. The third-order valence-electron chi connectivity index (χ3n) is 4.87. The highest BCUT2D eigenvalue weighted by molar-refractivity contribution is 7.89. The number of carbonyl (C=O) groups is 1. The topological polar surface area (TPSA) is 78.5 Å². The summed E-state index contributed by atoms with van der Waals surface area (Å²) in [6.45, 7) is 4.59. The maximum Gasteiger partial charge on any atom is 0.240 e. The standard InChI is InChI=1S/C17H25N3O3S.ClH/c1-13(21)20-10-2-3-15-4-5-16(11-17(15)20)24(22,23)19-9-7-14-6-8-18-12-14;/h4-5,11,14,18-19H,2-3,6-10,12H2,1H3;1H. The van der Waals surface area contributed by atoms with E-state index in [2.05, 4.69) is 10.0 Å². The van der Waals surface area contributed by atoms with Crippen molar-refractivity contribution < 1.29 is 13.2 Å². The van der Waals surface area contributed by atoms with Crippen LogP contribution in [0, 0.1) is 5.92 Å². The van der Waals surface area contributed by atoms with Crippen molar-refractivity contribution in [3.63, 3.8) is 0 Å². The normalized spacial score (nSPS) is 20.0. The van der Waals surface area contributed by atoms with E-state index >= 15 is 0 Å². The van der Waals surface area contributed by atoms with E-state index in [1.165, 1.54) is 6.92 Å². The number of sulfonamides is 1. The third-order valence-corrected chi connectivity index (χ3v) is 6.33. The second-order valence-electron chi connectivity index (χ2n) is 6.61. The number of rotatable bonds is 5. The van der Waals surface area contributed by atoms with Gasteiger partial charge in [-0.05, 0) is 62.4 Å². The second-order valence-corrected chi connectivity index (χ2v) is 8.38. The molecule has 1 aromatic carbocycles. The SMILES string of the molecule is CC(=O)N1CCCc2ccc(S(=O)(=O)NCCC3CCNC3)cc21.Cl. The van der Waals surface area contributed by atoms with Gasteiger partial charge in [0.1, 0.15) is 0 Å². The molecule has 1 aromatic rings. The van der Waals surface area contributed by atoms with Crippen molar-refractivity contribution >= 4 is 34.0 Å². The van der Waals surface area contributed by atoms with Crippen LogP contribution >= 0.6 is 12.4 Å². The van der Waals surface area contributed by atoms with Gasteiger partial charge in [0.25, 0.3) is 0 Å². The van der Waals surface area contributed by atoms with Gasteiger partial charge in [-0.15, -0.1) is 12.4 Å². The summed E-state index contributed by atoms with van der Waals surface area (Å²) >= 11 is 0. The molecule has 0 bridgehead atoms. The molecule has 0 aliphatic carbocycles. The number of nitrogens with zero attached hydrogens (tertiary/aromatic N) is 1. The molecule has 1 amide bonds. The Morgan fingerprint density at radius 2 is 2.20 bits per heavy atom. The Bertz CT molecular complexity index is 718. The fourth-order valence-corrected chi connectivity index (χ4v) is 4.56. The molecule has 25 heavy (non-hydrogen) atoms. The predicted molar refractivity (Wildman–Crippen MR) is 101 cm³/mol. The fraction of sp³-hybridized carbons (Fsp3) is 0.588. The van der Waals surface area contributed by atoms with Crippen molar-refractivity contribution in [3.8, 4) is 0 Å². The molecule has 1 saturated heterocycles. The van der Waals surface area contributed by atoms with Gasteiger partial charge in [-0.25, -0.2) is 13.1 Å². The van der Waals surface area contributed by atoms with E-state index in [4.69, 9.17) is 0 Å². The number of carbonyl (C=O) groups excluding carboxylic acids is 1. The first-order chi connectivity index (χ1) is 11.5. The summed E-state index contributed by atoms with van der Waals surface area (Å²) in [7, 11) is -3.54. The number of halogens is 1. The van der Waals surface area contributed by atoms with Gasteiger partial charge in [-0.1, -0.05) is 6.07 Å². The van der Waals surface area contributed by atoms with Crippen LogP contribution in [0.25, 0.3) is 0 Å². The van der Waals surface area contributed by atoms with E-state index < -0.39 is 10.0 Å². The van der Waals surface area contributed by atoms with Crippen LogP contribution in [-0.4, -0.2) is 40.5 Å². The van der Waals surface area contributed by atoms with Gasteiger partial charge in [-0.3, -0.25) is 4.79 Å². The van der Waals surface area contributed by atoms with Gasteiger partial charge in [0.2, 0.25) is 15.9 Å². The van der Waals surface area contributed by atoms with Gasteiger partial charge in [0.05, 0.1) is 4.90 Å². The van der Waals surface area contributed by atoms with Crippen molar-refractivity contribution in [1.82, 2.24) is 10.0 Å². The van der Waals surface area contributed by atoms with Crippen LogP contribution in [0.4, 0.5) is 5.69 Å². The average molecular weight is 388 g/mol. The molecule has 0 aromatic heterocycles. The number of hydrogen-bond acceptors (Lipinski definition) is 4. The third kappa shape index (κ3) is 4.73. The number of nitrogens with one attached hydrogen (secondary N) is 2. The van der Waals surface area contributed by atoms with Crippen LogP contribution in [0.15, 0.2) is 23.1 Å². The first-order valence-corrected chi connectivity index (χ1v) is 10.1. The van der Waals surface area contributed by atoms with E-state index in [1.807, 2.05) is 6.07 Å². The lowest BCUT2D eigenvalue weighted by Crippen LogP contribution is -2.34. The molecule has 140 valence electrons. The first-order valence-electron chi connectivity index (χ1n) is 8.59. The smallest absolute Gasteiger partial charge is 0.240 e. The van der Waals surface area contributed by atoms with Crippen LogP contribution in [0.2, 0.25) is 0 Å². The van der Waals surface area contributed by atoms with E-state index in [0.717, 1.165) is 50.0 Å². The van der Waals surface area contributed by atoms with Crippen molar-refractivity contribution in [2.75, 3.05) is 31.1 Å². The number of aryl methyl sites for hydroxylation is 1. The summed E-state index contributed by atoms with van der Waals surface area (Å²) < 4.78 is 27.8. The molecule has 8 heteroatoms. The largest absolute Gasteiger partial charge is 0.316 e. The summed E-state index contributed by atoms with van der Waals surface area (Å²) in [5.74, 6) is 0.497. The zero-order chi connectivity index (χ0) is 17.2. The Hall–Kier alpha value is -1.15. The molecule has 2 heterocycles. The Morgan fingerprint density at radius 1 is 1.40 bits per heavy atom. The minimum atomic E-state index is -3.54. The summed E-state index contributed by atoms with van der Waals surface area (Å²) in [5, 5.41) is 3.29. The number of benzene rings is 1.